The monoisotopic (exact) mass is 312 g/mol. The molecule has 0 aliphatic heterocycles. The largest absolute Gasteiger partial charge is 0.329 e. The summed E-state index contributed by atoms with van der Waals surface area (Å²) < 4.78 is 0.0566. The number of hydrogen-bond donors (Lipinski definition) is 1. The molecule has 2 rings (SSSR count). The van der Waals surface area contributed by atoms with Crippen molar-refractivity contribution < 1.29 is 0 Å². The fraction of sp³-hybridized carbons (Fsp3) is 0.333. The Kier molecular flexibility index (Phi) is 3.71. The highest BCUT2D eigenvalue weighted by Crippen LogP contribution is 2.38. The lowest BCUT2D eigenvalue weighted by molar-refractivity contribution is 0.682. The number of nitrogens with zero attached hydrogens (tertiary/aromatic N) is 3. The summed E-state index contributed by atoms with van der Waals surface area (Å²) in [5.74, 6) is 0.290. The van der Waals surface area contributed by atoms with Crippen LogP contribution in [0.2, 0.25) is 5.02 Å². The number of rotatable bonds is 2. The van der Waals surface area contributed by atoms with Gasteiger partial charge in [0.25, 0.3) is 0 Å². The van der Waals surface area contributed by atoms with E-state index in [9.17, 15) is 0 Å². The predicted octanol–water partition coefficient (Wildman–Crippen LogP) is 2.87. The third kappa shape index (κ3) is 2.61. The highest BCUT2D eigenvalue weighted by Gasteiger charge is 2.30. The molecule has 0 fully saturated rings. The maximum absolute atomic E-state index is 5.86. The summed E-state index contributed by atoms with van der Waals surface area (Å²) in [6.45, 7) is 0.859. The van der Waals surface area contributed by atoms with Gasteiger partial charge in [-0.2, -0.15) is 0 Å². The molecule has 0 amide bonds. The molecule has 0 atom stereocenters. The smallest absolute Gasteiger partial charge is 0.248 e. The minimum atomic E-state index is -1.62. The van der Waals surface area contributed by atoms with Gasteiger partial charge in [-0.05, 0) is 6.07 Å². The number of nitrogens with two attached hydrogens (primary N) is 1. The molecule has 0 aromatic carbocycles. The minimum absolute atomic E-state index is 0.290. The lowest BCUT2D eigenvalue weighted by Crippen LogP contribution is -2.17. The minimum Gasteiger partial charge on any atom is -0.329 e. The van der Waals surface area contributed by atoms with Crippen molar-refractivity contribution in [1.82, 2.24) is 14.5 Å². The Morgan fingerprint density at radius 2 is 2.06 bits per heavy atom. The maximum Gasteiger partial charge on any atom is 0.248 e. The molecule has 0 unspecified atom stereocenters. The molecule has 2 aromatic rings. The highest BCUT2D eigenvalue weighted by atomic mass is 35.6. The molecular formula is C9H8Cl4N4. The van der Waals surface area contributed by atoms with Crippen molar-refractivity contribution in [1.29, 1.82) is 0 Å². The number of pyridine rings is 1. The van der Waals surface area contributed by atoms with Gasteiger partial charge < -0.3 is 10.3 Å². The molecule has 0 aliphatic carbocycles. The average molecular weight is 314 g/mol. The standard InChI is InChI=1S/C9H8Cl4N4/c10-5-3-6-7(15-4-5)17(2-1-14)8(16-6)9(11,12)13/h3-4H,1-2,14H2. The van der Waals surface area contributed by atoms with Gasteiger partial charge in [0.15, 0.2) is 11.5 Å². The SMILES string of the molecule is NCCn1c(C(Cl)(Cl)Cl)nc2cc(Cl)cnc21. The molecule has 0 saturated heterocycles. The van der Waals surface area contributed by atoms with Crippen LogP contribution in [0.4, 0.5) is 0 Å². The van der Waals surface area contributed by atoms with E-state index in [1.807, 2.05) is 0 Å². The fourth-order valence-corrected chi connectivity index (χ4v) is 2.13. The first kappa shape index (κ1) is 13.2. The summed E-state index contributed by atoms with van der Waals surface area (Å²) in [4.78, 5) is 8.40. The lowest BCUT2D eigenvalue weighted by Gasteiger charge is -2.12. The molecule has 92 valence electrons. The zero-order valence-electron chi connectivity index (χ0n) is 8.50. The molecule has 0 bridgehead atoms. The number of imidazole rings is 1. The Morgan fingerprint density at radius 1 is 1.35 bits per heavy atom. The molecule has 2 aromatic heterocycles. The first-order chi connectivity index (χ1) is 7.93. The van der Waals surface area contributed by atoms with Gasteiger partial charge in [0.2, 0.25) is 3.79 Å². The Hall–Kier alpha value is -0.260. The van der Waals surface area contributed by atoms with E-state index in [0.717, 1.165) is 0 Å². The molecular weight excluding hydrogens is 306 g/mol. The van der Waals surface area contributed by atoms with Gasteiger partial charge in [-0.15, -0.1) is 0 Å². The number of aromatic nitrogens is 3. The van der Waals surface area contributed by atoms with Gasteiger partial charge >= 0.3 is 0 Å². The van der Waals surface area contributed by atoms with Crippen LogP contribution in [0.5, 0.6) is 0 Å². The quantitative estimate of drug-likeness (QED) is 0.867. The third-order valence-electron chi connectivity index (χ3n) is 2.16. The van der Waals surface area contributed by atoms with Gasteiger partial charge in [-0.3, -0.25) is 0 Å². The molecule has 0 spiro atoms. The molecule has 4 nitrogen and oxygen atoms in total. The van der Waals surface area contributed by atoms with Gasteiger partial charge in [0.1, 0.15) is 5.52 Å². The van der Waals surface area contributed by atoms with E-state index < -0.39 is 3.79 Å². The lowest BCUT2D eigenvalue weighted by atomic mass is 10.4. The Bertz CT molecular complexity index is 546. The molecule has 2 N–H and O–H groups in total. The van der Waals surface area contributed by atoms with Crippen molar-refractivity contribution in [2.24, 2.45) is 5.73 Å². The number of halogens is 4. The summed E-state index contributed by atoms with van der Waals surface area (Å²) in [5.41, 5.74) is 6.70. The van der Waals surface area contributed by atoms with Crippen LogP contribution < -0.4 is 5.73 Å². The van der Waals surface area contributed by atoms with Crippen LogP contribution >= 0.6 is 46.4 Å². The molecule has 8 heteroatoms. The Morgan fingerprint density at radius 3 is 2.65 bits per heavy atom. The number of hydrogen-bond acceptors (Lipinski definition) is 3. The summed E-state index contributed by atoms with van der Waals surface area (Å²) >= 11 is 23.4. The Balaban J connectivity index is 2.70. The van der Waals surface area contributed by atoms with Crippen LogP contribution in [-0.2, 0) is 10.3 Å². The van der Waals surface area contributed by atoms with Crippen LogP contribution in [-0.4, -0.2) is 21.1 Å². The molecule has 17 heavy (non-hydrogen) atoms. The second-order valence-corrected chi connectivity index (χ2v) is 6.09. The van der Waals surface area contributed by atoms with Crippen LogP contribution in [0.15, 0.2) is 12.3 Å². The summed E-state index contributed by atoms with van der Waals surface area (Å²) in [7, 11) is 0. The zero-order valence-corrected chi connectivity index (χ0v) is 11.5. The van der Waals surface area contributed by atoms with Crippen LogP contribution in [0.25, 0.3) is 11.2 Å². The van der Waals surface area contributed by atoms with Crippen molar-refractivity contribution in [3.05, 3.63) is 23.1 Å². The highest BCUT2D eigenvalue weighted by molar-refractivity contribution is 6.66. The van der Waals surface area contributed by atoms with Crippen molar-refractivity contribution in [2.75, 3.05) is 6.54 Å². The zero-order chi connectivity index (χ0) is 12.6. The second kappa shape index (κ2) is 4.78. The van der Waals surface area contributed by atoms with E-state index in [1.54, 1.807) is 10.6 Å². The number of fused-ring (bicyclic) bond motifs is 1. The van der Waals surface area contributed by atoms with Crippen LogP contribution in [0.3, 0.4) is 0 Å². The van der Waals surface area contributed by atoms with Crippen LogP contribution in [0, 0.1) is 0 Å². The summed E-state index contributed by atoms with van der Waals surface area (Å²) in [5, 5.41) is 0.478. The molecule has 0 radical (unpaired) electrons. The third-order valence-corrected chi connectivity index (χ3v) is 2.87. The topological polar surface area (TPSA) is 56.7 Å². The first-order valence-corrected chi connectivity index (χ1v) is 6.23. The van der Waals surface area contributed by atoms with E-state index >= 15 is 0 Å². The van der Waals surface area contributed by atoms with Crippen molar-refractivity contribution in [2.45, 2.75) is 10.3 Å². The molecule has 0 saturated carbocycles. The fourth-order valence-electron chi connectivity index (χ4n) is 1.54. The second-order valence-electron chi connectivity index (χ2n) is 3.37. The number of alkyl halides is 3. The van der Waals surface area contributed by atoms with Crippen molar-refractivity contribution in [3.63, 3.8) is 0 Å². The molecule has 0 aliphatic rings. The van der Waals surface area contributed by atoms with E-state index in [2.05, 4.69) is 9.97 Å². The van der Waals surface area contributed by atoms with Gasteiger partial charge in [0, 0.05) is 19.3 Å². The Labute approximate surface area is 118 Å². The summed E-state index contributed by atoms with van der Waals surface area (Å²) in [6, 6.07) is 1.66. The maximum atomic E-state index is 5.86. The van der Waals surface area contributed by atoms with Crippen molar-refractivity contribution in [3.8, 4) is 0 Å². The van der Waals surface area contributed by atoms with Gasteiger partial charge in [-0.25, -0.2) is 9.97 Å². The predicted molar refractivity (Wildman–Crippen MR) is 70.8 cm³/mol. The average Bonchev–Trinajstić information content (AvgIpc) is 2.56. The van der Waals surface area contributed by atoms with Crippen LogP contribution in [0.1, 0.15) is 5.82 Å². The first-order valence-electron chi connectivity index (χ1n) is 4.72. The van der Waals surface area contributed by atoms with E-state index in [4.69, 9.17) is 52.1 Å². The van der Waals surface area contributed by atoms with Crippen molar-refractivity contribution >= 4 is 57.6 Å². The molecule has 2 heterocycles. The van der Waals surface area contributed by atoms with Gasteiger partial charge in [0.05, 0.1) is 5.02 Å². The van der Waals surface area contributed by atoms with E-state index in [-0.39, 0.29) is 5.82 Å². The van der Waals surface area contributed by atoms with E-state index in [0.29, 0.717) is 29.3 Å². The normalized spacial score (nSPS) is 12.3. The van der Waals surface area contributed by atoms with Gasteiger partial charge in [-0.1, -0.05) is 46.4 Å². The summed E-state index contributed by atoms with van der Waals surface area (Å²) in [6.07, 6.45) is 1.51. The van der Waals surface area contributed by atoms with E-state index in [1.165, 1.54) is 6.20 Å².